The summed E-state index contributed by atoms with van der Waals surface area (Å²) in [6.07, 6.45) is 2.09. The maximum Gasteiger partial charge on any atom is 0.273 e. The number of carbonyl (C=O) groups is 1. The van der Waals surface area contributed by atoms with Crippen molar-refractivity contribution in [1.82, 2.24) is 9.88 Å². The largest absolute Gasteiger partial charge is 0.489 e. The summed E-state index contributed by atoms with van der Waals surface area (Å²) >= 11 is 1.41. The summed E-state index contributed by atoms with van der Waals surface area (Å²) in [7, 11) is 0. The van der Waals surface area contributed by atoms with Gasteiger partial charge in [-0.3, -0.25) is 4.79 Å². The normalized spacial score (nSPS) is 13.7. The summed E-state index contributed by atoms with van der Waals surface area (Å²) in [5, 5.41) is 2.52. The van der Waals surface area contributed by atoms with E-state index in [4.69, 9.17) is 4.74 Å². The Balaban J connectivity index is 1.43. The summed E-state index contributed by atoms with van der Waals surface area (Å²) in [4.78, 5) is 18.7. The minimum Gasteiger partial charge on any atom is -0.489 e. The summed E-state index contributed by atoms with van der Waals surface area (Å²) < 4.78 is 32.8. The van der Waals surface area contributed by atoms with E-state index in [1.165, 1.54) is 29.5 Å². The Morgan fingerprint density at radius 1 is 1.07 bits per heavy atom. The van der Waals surface area contributed by atoms with Crippen LogP contribution in [0.1, 0.15) is 28.9 Å². The number of thiazole rings is 1. The molecule has 3 aromatic rings. The second-order valence-electron chi connectivity index (χ2n) is 6.55. The topological polar surface area (TPSA) is 42.4 Å². The van der Waals surface area contributed by atoms with Crippen LogP contribution in [-0.4, -0.2) is 28.9 Å². The van der Waals surface area contributed by atoms with Crippen LogP contribution in [-0.2, 0) is 6.61 Å². The lowest BCUT2D eigenvalue weighted by molar-refractivity contribution is 0.0788. The molecule has 0 radical (unpaired) electrons. The maximum atomic E-state index is 13.7. The molecule has 1 amide bonds. The molecule has 28 heavy (non-hydrogen) atoms. The Bertz CT molecular complexity index is 962. The van der Waals surface area contributed by atoms with E-state index in [1.807, 2.05) is 17.0 Å². The van der Waals surface area contributed by atoms with Gasteiger partial charge >= 0.3 is 0 Å². The van der Waals surface area contributed by atoms with Gasteiger partial charge in [0.2, 0.25) is 0 Å². The molecular weight excluding hydrogens is 382 g/mol. The fourth-order valence-electron chi connectivity index (χ4n) is 3.11. The van der Waals surface area contributed by atoms with Crippen LogP contribution in [0.25, 0.3) is 10.6 Å². The van der Waals surface area contributed by atoms with Gasteiger partial charge in [0.1, 0.15) is 34.7 Å². The molecule has 1 aromatic heterocycles. The molecule has 0 atom stereocenters. The molecule has 0 unspecified atom stereocenters. The lowest BCUT2D eigenvalue weighted by atomic mass is 10.2. The number of likely N-dealkylation sites (tertiary alicyclic amines) is 1. The standard InChI is InChI=1S/C21H18F2N2O2S/c22-17-4-3-5-18(23)16(17)12-27-15-8-6-14(7-9-15)20-24-19(13-28-20)21(26)25-10-1-2-11-25/h3-9,13H,1-2,10-12H2. The van der Waals surface area contributed by atoms with Gasteiger partial charge in [0.15, 0.2) is 0 Å². The summed E-state index contributed by atoms with van der Waals surface area (Å²) in [5.74, 6) is -0.785. The number of aromatic nitrogens is 1. The molecule has 2 aromatic carbocycles. The number of rotatable bonds is 5. The third-order valence-corrected chi connectivity index (χ3v) is 5.55. The zero-order chi connectivity index (χ0) is 19.5. The number of halogens is 2. The molecule has 0 saturated carbocycles. The van der Waals surface area contributed by atoms with E-state index in [-0.39, 0.29) is 18.1 Å². The predicted molar refractivity (Wildman–Crippen MR) is 103 cm³/mol. The van der Waals surface area contributed by atoms with E-state index in [0.717, 1.165) is 36.5 Å². The minimum absolute atomic E-state index is 0.0214. The van der Waals surface area contributed by atoms with Gasteiger partial charge in [0.05, 0.1) is 5.56 Å². The molecule has 2 heterocycles. The highest BCUT2D eigenvalue weighted by molar-refractivity contribution is 7.13. The van der Waals surface area contributed by atoms with Crippen LogP contribution in [0, 0.1) is 11.6 Å². The fraction of sp³-hybridized carbons (Fsp3) is 0.238. The molecule has 0 aliphatic carbocycles. The molecule has 144 valence electrons. The van der Waals surface area contributed by atoms with E-state index in [9.17, 15) is 13.6 Å². The van der Waals surface area contributed by atoms with Gasteiger partial charge < -0.3 is 9.64 Å². The zero-order valence-corrected chi connectivity index (χ0v) is 15.8. The van der Waals surface area contributed by atoms with Crippen LogP contribution in [0.2, 0.25) is 0 Å². The van der Waals surface area contributed by atoms with E-state index in [1.54, 1.807) is 17.5 Å². The predicted octanol–water partition coefficient (Wildman–Crippen LogP) is 4.90. The second-order valence-corrected chi connectivity index (χ2v) is 7.41. The maximum absolute atomic E-state index is 13.7. The van der Waals surface area contributed by atoms with Gasteiger partial charge in [-0.1, -0.05) is 6.07 Å². The first-order valence-corrected chi connectivity index (χ1v) is 9.91. The number of nitrogens with zero attached hydrogens (tertiary/aromatic N) is 2. The van der Waals surface area contributed by atoms with Crippen LogP contribution >= 0.6 is 11.3 Å². The first kappa shape index (κ1) is 18.6. The molecule has 0 N–H and O–H groups in total. The van der Waals surface area contributed by atoms with Crippen LogP contribution in [0.5, 0.6) is 5.75 Å². The number of hydrogen-bond donors (Lipinski definition) is 0. The number of amides is 1. The lowest BCUT2D eigenvalue weighted by Crippen LogP contribution is -2.27. The highest BCUT2D eigenvalue weighted by atomic mass is 32.1. The van der Waals surface area contributed by atoms with Gasteiger partial charge in [0, 0.05) is 24.0 Å². The Morgan fingerprint density at radius 3 is 2.43 bits per heavy atom. The molecule has 1 aliphatic heterocycles. The number of ether oxygens (including phenoxy) is 1. The summed E-state index contributed by atoms with van der Waals surface area (Å²) in [6, 6.07) is 10.8. The molecule has 7 heteroatoms. The Kier molecular flexibility index (Phi) is 5.34. The molecule has 0 bridgehead atoms. The van der Waals surface area contributed by atoms with Crippen molar-refractivity contribution >= 4 is 17.2 Å². The van der Waals surface area contributed by atoms with Crippen molar-refractivity contribution in [3.05, 3.63) is 70.7 Å². The SMILES string of the molecule is O=C(c1csc(-c2ccc(OCc3c(F)cccc3F)cc2)n1)N1CCCC1. The van der Waals surface area contributed by atoms with E-state index >= 15 is 0 Å². The molecule has 1 saturated heterocycles. The zero-order valence-electron chi connectivity index (χ0n) is 15.0. The second kappa shape index (κ2) is 8.06. The van der Waals surface area contributed by atoms with Gasteiger partial charge in [-0.2, -0.15) is 0 Å². The van der Waals surface area contributed by atoms with E-state index in [2.05, 4.69) is 4.98 Å². The number of hydrogen-bond acceptors (Lipinski definition) is 4. The summed E-state index contributed by atoms with van der Waals surface area (Å²) in [6.45, 7) is 1.39. The first-order chi connectivity index (χ1) is 13.6. The summed E-state index contributed by atoms with van der Waals surface area (Å²) in [5.41, 5.74) is 1.23. The average Bonchev–Trinajstić information content (AvgIpc) is 3.40. The van der Waals surface area contributed by atoms with Crippen LogP contribution in [0.15, 0.2) is 47.8 Å². The van der Waals surface area contributed by atoms with Crippen LogP contribution in [0.3, 0.4) is 0 Å². The van der Waals surface area contributed by atoms with Gasteiger partial charge in [-0.15, -0.1) is 11.3 Å². The Labute approximate surface area is 165 Å². The van der Waals surface area contributed by atoms with E-state index in [0.29, 0.717) is 11.4 Å². The fourth-order valence-corrected chi connectivity index (χ4v) is 3.91. The Morgan fingerprint density at radius 2 is 1.75 bits per heavy atom. The molecule has 4 rings (SSSR count). The molecule has 0 spiro atoms. The highest BCUT2D eigenvalue weighted by Gasteiger charge is 2.22. The highest BCUT2D eigenvalue weighted by Crippen LogP contribution is 2.27. The smallest absolute Gasteiger partial charge is 0.273 e. The first-order valence-electron chi connectivity index (χ1n) is 9.03. The third kappa shape index (κ3) is 3.89. The van der Waals surface area contributed by atoms with Gasteiger partial charge in [-0.25, -0.2) is 13.8 Å². The number of benzene rings is 2. The van der Waals surface area contributed by atoms with Crippen molar-refractivity contribution < 1.29 is 18.3 Å². The lowest BCUT2D eigenvalue weighted by Gasteiger charge is -2.12. The van der Waals surface area contributed by atoms with Crippen molar-refractivity contribution in [1.29, 1.82) is 0 Å². The van der Waals surface area contributed by atoms with Crippen LogP contribution < -0.4 is 4.74 Å². The van der Waals surface area contributed by atoms with Crippen molar-refractivity contribution in [3.8, 4) is 16.3 Å². The van der Waals surface area contributed by atoms with Gasteiger partial charge in [-0.05, 0) is 49.2 Å². The Hall–Kier alpha value is -2.80. The average molecular weight is 400 g/mol. The van der Waals surface area contributed by atoms with Crippen molar-refractivity contribution in [2.45, 2.75) is 19.4 Å². The van der Waals surface area contributed by atoms with Crippen molar-refractivity contribution in [2.24, 2.45) is 0 Å². The van der Waals surface area contributed by atoms with Crippen molar-refractivity contribution in [2.75, 3.05) is 13.1 Å². The molecule has 1 aliphatic rings. The monoisotopic (exact) mass is 400 g/mol. The third-order valence-electron chi connectivity index (χ3n) is 4.66. The van der Waals surface area contributed by atoms with E-state index < -0.39 is 11.6 Å². The van der Waals surface area contributed by atoms with Gasteiger partial charge in [0.25, 0.3) is 5.91 Å². The number of carbonyl (C=O) groups excluding carboxylic acids is 1. The molecular formula is C21H18F2N2O2S. The molecule has 4 nitrogen and oxygen atoms in total. The van der Waals surface area contributed by atoms with Crippen molar-refractivity contribution in [3.63, 3.8) is 0 Å². The molecule has 1 fully saturated rings. The van der Waals surface area contributed by atoms with Crippen LogP contribution in [0.4, 0.5) is 8.78 Å². The quantitative estimate of drug-likeness (QED) is 0.612. The minimum atomic E-state index is -0.630.